The predicted octanol–water partition coefficient (Wildman–Crippen LogP) is 11.9. The summed E-state index contributed by atoms with van der Waals surface area (Å²) in [6, 6.07) is 7.07. The first-order valence-corrected chi connectivity index (χ1v) is 22.6. The molecule has 0 amide bonds. The number of allylic oxidation sites excluding steroid dienone is 2. The van der Waals surface area contributed by atoms with Crippen LogP contribution in [-0.4, -0.2) is 59.6 Å². The minimum Gasteiger partial charge on any atom is -0.494 e. The summed E-state index contributed by atoms with van der Waals surface area (Å²) in [5, 5.41) is 21.3. The molecule has 0 heterocycles. The molecule has 8 heteroatoms. The lowest BCUT2D eigenvalue weighted by atomic mass is 9.63. The number of carbonyl (C=O) groups excluding carboxylic acids is 2. The summed E-state index contributed by atoms with van der Waals surface area (Å²) in [5.41, 5.74) is 0.548. The maximum atomic E-state index is 12.4. The largest absolute Gasteiger partial charge is 0.494 e. The van der Waals surface area contributed by atoms with Crippen LogP contribution < -0.4 is 4.74 Å². The molecule has 2 aliphatic rings. The molecule has 0 aliphatic heterocycles. The number of hydrogen-bond donors (Lipinski definition) is 2. The number of unbranched alkanes of at least 4 members (excludes halogenated alkanes) is 13. The quantitative estimate of drug-likeness (QED) is 0.0334. The SMILES string of the molecule is CCCCCCCCCCCCCCCOc1ccc(C(=O)OCCCOC(=O)CCC/C=C\C[C@@H]2[C@H](/C=C/C[C@H](O)C3(CC)CCC3)[C@H](O)C[C@@H]2Cl)cc1. The van der Waals surface area contributed by atoms with Crippen molar-refractivity contribution in [2.45, 2.75) is 186 Å². The number of halogens is 1. The van der Waals surface area contributed by atoms with E-state index in [0.29, 0.717) is 44.3 Å². The fourth-order valence-corrected chi connectivity index (χ4v) is 8.58. The molecule has 3 rings (SSSR count). The van der Waals surface area contributed by atoms with Crippen LogP contribution in [0.5, 0.6) is 5.75 Å². The standard InChI is InChI=1S/C47H75ClO7/c1-3-5-6-7-8-9-10-11-12-13-14-17-20-34-53-39-30-28-38(29-31-39)46(52)55-36-23-35-54-45(51)27-19-16-15-18-24-40-41(43(49)37-42(40)48)25-21-26-44(50)47(4-2)32-22-33-47/h15,18,21,25,28-31,40-44,49-50H,3-14,16-17,19-20,22-24,26-27,32-37H2,1-2H3/b18-15-,25-21+/t40-,41+,42+,43-,44+/m1/s1. The van der Waals surface area contributed by atoms with Gasteiger partial charge in [-0.05, 0) is 93.4 Å². The van der Waals surface area contributed by atoms with Gasteiger partial charge in [0.25, 0.3) is 0 Å². The summed E-state index contributed by atoms with van der Waals surface area (Å²) >= 11 is 6.62. The summed E-state index contributed by atoms with van der Waals surface area (Å²) in [6.07, 6.45) is 33.3. The van der Waals surface area contributed by atoms with Crippen LogP contribution in [0.2, 0.25) is 0 Å². The second kappa shape index (κ2) is 28.1. The molecule has 0 unspecified atom stereocenters. The molecule has 5 atom stereocenters. The average molecular weight is 788 g/mol. The van der Waals surface area contributed by atoms with E-state index < -0.39 is 12.1 Å². The van der Waals surface area contributed by atoms with E-state index in [1.807, 2.05) is 18.2 Å². The highest BCUT2D eigenvalue weighted by molar-refractivity contribution is 6.21. The molecule has 55 heavy (non-hydrogen) atoms. The van der Waals surface area contributed by atoms with Crippen LogP contribution in [0.25, 0.3) is 0 Å². The van der Waals surface area contributed by atoms with Gasteiger partial charge in [0.15, 0.2) is 0 Å². The zero-order valence-electron chi connectivity index (χ0n) is 34.4. The van der Waals surface area contributed by atoms with Gasteiger partial charge in [-0.25, -0.2) is 4.79 Å². The molecule has 1 aromatic rings. The Morgan fingerprint density at radius 1 is 0.818 bits per heavy atom. The van der Waals surface area contributed by atoms with E-state index in [1.165, 1.54) is 83.5 Å². The van der Waals surface area contributed by atoms with Gasteiger partial charge in [0.05, 0.1) is 37.6 Å². The number of aliphatic hydroxyl groups is 2. The van der Waals surface area contributed by atoms with Crippen LogP contribution in [0.3, 0.4) is 0 Å². The molecule has 1 aromatic carbocycles. The van der Waals surface area contributed by atoms with Crippen molar-refractivity contribution in [1.29, 1.82) is 0 Å². The Morgan fingerprint density at radius 3 is 2.07 bits per heavy atom. The zero-order chi connectivity index (χ0) is 39.6. The van der Waals surface area contributed by atoms with Crippen LogP contribution in [0, 0.1) is 17.3 Å². The Kier molecular flexibility index (Phi) is 24.0. The third kappa shape index (κ3) is 18.2. The maximum Gasteiger partial charge on any atom is 0.338 e. The molecule has 0 bridgehead atoms. The van der Waals surface area contributed by atoms with Crippen LogP contribution in [0.4, 0.5) is 0 Å². The Balaban J connectivity index is 1.16. The van der Waals surface area contributed by atoms with Crippen LogP contribution in [-0.2, 0) is 14.3 Å². The highest BCUT2D eigenvalue weighted by Crippen LogP contribution is 2.48. The van der Waals surface area contributed by atoms with Crippen LogP contribution in [0.1, 0.15) is 178 Å². The van der Waals surface area contributed by atoms with E-state index in [9.17, 15) is 19.8 Å². The minimum absolute atomic E-state index is 0.0174. The number of hydrogen-bond acceptors (Lipinski definition) is 7. The summed E-state index contributed by atoms with van der Waals surface area (Å²) in [6.45, 7) is 5.50. The number of carbonyl (C=O) groups is 2. The Labute approximate surface area is 339 Å². The number of benzene rings is 1. The summed E-state index contributed by atoms with van der Waals surface area (Å²) in [7, 11) is 0. The first kappa shape index (κ1) is 47.0. The number of esters is 2. The summed E-state index contributed by atoms with van der Waals surface area (Å²) in [5.74, 6) is 0.225. The van der Waals surface area contributed by atoms with E-state index >= 15 is 0 Å². The van der Waals surface area contributed by atoms with Gasteiger partial charge in [0.2, 0.25) is 0 Å². The molecule has 312 valence electrons. The van der Waals surface area contributed by atoms with Crippen molar-refractivity contribution in [3.05, 3.63) is 54.1 Å². The van der Waals surface area contributed by atoms with Crippen molar-refractivity contribution in [2.75, 3.05) is 19.8 Å². The van der Waals surface area contributed by atoms with Crippen molar-refractivity contribution in [3.63, 3.8) is 0 Å². The molecular formula is C47H75ClO7. The van der Waals surface area contributed by atoms with Gasteiger partial charge in [0, 0.05) is 24.1 Å². The normalized spacial score (nSPS) is 21.2. The highest BCUT2D eigenvalue weighted by atomic mass is 35.5. The fraction of sp³-hybridized carbons (Fsp3) is 0.745. The topological polar surface area (TPSA) is 102 Å². The van der Waals surface area contributed by atoms with Gasteiger partial charge < -0.3 is 24.4 Å². The molecular weight excluding hydrogens is 712 g/mol. The fourth-order valence-electron chi connectivity index (χ4n) is 8.13. The molecule has 2 N–H and O–H groups in total. The Hall–Kier alpha value is -2.35. The third-order valence-corrected chi connectivity index (χ3v) is 12.6. The van der Waals surface area contributed by atoms with Gasteiger partial charge in [-0.2, -0.15) is 0 Å². The first-order chi connectivity index (χ1) is 26.8. The number of ether oxygens (including phenoxy) is 3. The van der Waals surface area contributed by atoms with E-state index in [1.54, 1.807) is 12.1 Å². The zero-order valence-corrected chi connectivity index (χ0v) is 35.2. The lowest BCUT2D eigenvalue weighted by Crippen LogP contribution is -2.40. The highest BCUT2D eigenvalue weighted by Gasteiger charge is 2.42. The van der Waals surface area contributed by atoms with Gasteiger partial charge >= 0.3 is 11.9 Å². The van der Waals surface area contributed by atoms with Gasteiger partial charge in [-0.3, -0.25) is 4.79 Å². The van der Waals surface area contributed by atoms with Gasteiger partial charge in [0.1, 0.15) is 5.75 Å². The molecule has 2 aliphatic carbocycles. The molecule has 0 spiro atoms. The van der Waals surface area contributed by atoms with Crippen molar-refractivity contribution in [3.8, 4) is 5.75 Å². The molecule has 0 saturated heterocycles. The maximum absolute atomic E-state index is 12.4. The number of alkyl halides is 1. The van der Waals surface area contributed by atoms with Crippen LogP contribution >= 0.6 is 11.6 Å². The molecule has 2 fully saturated rings. The van der Waals surface area contributed by atoms with E-state index in [4.69, 9.17) is 25.8 Å². The van der Waals surface area contributed by atoms with Crippen molar-refractivity contribution >= 4 is 23.5 Å². The molecule has 0 radical (unpaired) electrons. The monoisotopic (exact) mass is 787 g/mol. The van der Waals surface area contributed by atoms with E-state index in [-0.39, 0.29) is 47.9 Å². The smallest absolute Gasteiger partial charge is 0.338 e. The van der Waals surface area contributed by atoms with Crippen molar-refractivity contribution < 1.29 is 34.0 Å². The molecule has 2 saturated carbocycles. The van der Waals surface area contributed by atoms with Crippen LogP contribution in [0.15, 0.2) is 48.6 Å². The minimum atomic E-state index is -0.466. The lowest BCUT2D eigenvalue weighted by molar-refractivity contribution is -0.144. The Morgan fingerprint density at radius 2 is 1.45 bits per heavy atom. The molecule has 0 aromatic heterocycles. The number of rotatable bonds is 31. The second-order valence-electron chi connectivity index (χ2n) is 16.2. The summed E-state index contributed by atoms with van der Waals surface area (Å²) in [4.78, 5) is 24.6. The van der Waals surface area contributed by atoms with E-state index in [2.05, 4.69) is 32.1 Å². The number of aliphatic hydroxyl groups excluding tert-OH is 2. The first-order valence-electron chi connectivity index (χ1n) is 22.2. The van der Waals surface area contributed by atoms with Crippen molar-refractivity contribution in [1.82, 2.24) is 0 Å². The lowest BCUT2D eigenvalue weighted by Gasteiger charge is -2.45. The summed E-state index contributed by atoms with van der Waals surface area (Å²) < 4.78 is 16.6. The average Bonchev–Trinajstić information content (AvgIpc) is 3.43. The second-order valence-corrected chi connectivity index (χ2v) is 16.8. The molecule has 7 nitrogen and oxygen atoms in total. The van der Waals surface area contributed by atoms with Crippen molar-refractivity contribution in [2.24, 2.45) is 17.3 Å². The van der Waals surface area contributed by atoms with Gasteiger partial charge in [-0.15, -0.1) is 11.6 Å². The van der Waals surface area contributed by atoms with E-state index in [0.717, 1.165) is 44.3 Å². The predicted molar refractivity (Wildman–Crippen MR) is 225 cm³/mol. The Bertz CT molecular complexity index is 1220. The third-order valence-electron chi connectivity index (χ3n) is 12.1. The van der Waals surface area contributed by atoms with Gasteiger partial charge in [-0.1, -0.05) is 122 Å².